The van der Waals surface area contributed by atoms with Crippen LogP contribution in [0, 0.1) is 6.92 Å². The fourth-order valence-electron chi connectivity index (χ4n) is 2.92. The Kier molecular flexibility index (Phi) is 3.78. The molecular formula is C17H21N3O. The van der Waals surface area contributed by atoms with E-state index in [9.17, 15) is 5.11 Å². The van der Waals surface area contributed by atoms with Crippen LogP contribution < -0.4 is 4.90 Å². The third kappa shape index (κ3) is 2.84. The Hall–Kier alpha value is -2.10. The van der Waals surface area contributed by atoms with Crippen LogP contribution in [0.4, 0.5) is 5.82 Å². The van der Waals surface area contributed by atoms with E-state index in [1.807, 2.05) is 31.2 Å². The summed E-state index contributed by atoms with van der Waals surface area (Å²) in [6, 6.07) is 9.76. The first-order valence-corrected chi connectivity index (χ1v) is 7.56. The van der Waals surface area contributed by atoms with E-state index in [-0.39, 0.29) is 5.75 Å². The van der Waals surface area contributed by atoms with Gasteiger partial charge in [0, 0.05) is 24.3 Å². The molecule has 2 aromatic rings. The zero-order valence-corrected chi connectivity index (χ0v) is 12.6. The van der Waals surface area contributed by atoms with Gasteiger partial charge < -0.3 is 10.0 Å². The summed E-state index contributed by atoms with van der Waals surface area (Å²) in [5.74, 6) is 1.79. The second-order valence-corrected chi connectivity index (χ2v) is 5.75. The first kappa shape index (κ1) is 13.9. The number of hydrogen-bond donors (Lipinski definition) is 1. The van der Waals surface area contributed by atoms with Gasteiger partial charge >= 0.3 is 0 Å². The molecule has 21 heavy (non-hydrogen) atoms. The summed E-state index contributed by atoms with van der Waals surface area (Å²) in [7, 11) is 0. The monoisotopic (exact) mass is 283 g/mol. The molecular weight excluding hydrogens is 262 g/mol. The molecule has 0 aliphatic carbocycles. The van der Waals surface area contributed by atoms with Crippen molar-refractivity contribution in [3.63, 3.8) is 0 Å². The Morgan fingerprint density at radius 1 is 1.19 bits per heavy atom. The number of benzene rings is 1. The molecule has 1 atom stereocenters. The van der Waals surface area contributed by atoms with Gasteiger partial charge in [-0.15, -0.1) is 0 Å². The molecule has 1 unspecified atom stereocenters. The molecule has 1 fully saturated rings. The largest absolute Gasteiger partial charge is 0.507 e. The lowest BCUT2D eigenvalue weighted by Gasteiger charge is -2.34. The van der Waals surface area contributed by atoms with Crippen molar-refractivity contribution in [2.45, 2.75) is 39.2 Å². The summed E-state index contributed by atoms with van der Waals surface area (Å²) in [5.41, 5.74) is 1.61. The number of hydrogen-bond acceptors (Lipinski definition) is 4. The van der Waals surface area contributed by atoms with Crippen LogP contribution in [0.25, 0.3) is 11.4 Å². The van der Waals surface area contributed by atoms with E-state index < -0.39 is 0 Å². The Bertz CT molecular complexity index is 642. The highest BCUT2D eigenvalue weighted by molar-refractivity contribution is 5.65. The van der Waals surface area contributed by atoms with Gasteiger partial charge in [-0.3, -0.25) is 0 Å². The van der Waals surface area contributed by atoms with Crippen LogP contribution in [0.5, 0.6) is 5.75 Å². The molecule has 0 radical (unpaired) electrons. The van der Waals surface area contributed by atoms with Crippen molar-refractivity contribution in [2.75, 3.05) is 11.4 Å². The van der Waals surface area contributed by atoms with Crippen LogP contribution in [0.2, 0.25) is 0 Å². The zero-order valence-electron chi connectivity index (χ0n) is 12.6. The fourth-order valence-corrected chi connectivity index (χ4v) is 2.92. The summed E-state index contributed by atoms with van der Waals surface area (Å²) in [4.78, 5) is 11.5. The van der Waals surface area contributed by atoms with Gasteiger partial charge in [0.15, 0.2) is 5.82 Å². The maximum atomic E-state index is 10.0. The summed E-state index contributed by atoms with van der Waals surface area (Å²) in [6.07, 6.45) is 3.70. The molecule has 4 heteroatoms. The highest BCUT2D eigenvalue weighted by Crippen LogP contribution is 2.29. The number of phenolic OH excluding ortho intramolecular Hbond substituents is 1. The molecule has 2 heterocycles. The standard InChI is InChI=1S/C17H21N3O/c1-12-11-16(20-10-6-5-7-13(20)2)19-17(18-12)14-8-3-4-9-15(14)21/h3-4,8-9,11,13,21H,5-7,10H2,1-2H3. The minimum atomic E-state index is 0.223. The highest BCUT2D eigenvalue weighted by Gasteiger charge is 2.21. The van der Waals surface area contributed by atoms with E-state index >= 15 is 0 Å². The summed E-state index contributed by atoms with van der Waals surface area (Å²) < 4.78 is 0. The number of piperidine rings is 1. The number of aromatic hydroxyl groups is 1. The molecule has 1 aliphatic rings. The SMILES string of the molecule is Cc1cc(N2CCCCC2C)nc(-c2ccccc2O)n1. The van der Waals surface area contributed by atoms with Gasteiger partial charge in [-0.1, -0.05) is 12.1 Å². The van der Waals surface area contributed by atoms with Crippen molar-refractivity contribution in [1.82, 2.24) is 9.97 Å². The van der Waals surface area contributed by atoms with Gasteiger partial charge in [-0.05, 0) is 45.2 Å². The van der Waals surface area contributed by atoms with Crippen LogP contribution in [0.3, 0.4) is 0 Å². The maximum Gasteiger partial charge on any atom is 0.165 e. The molecule has 1 aromatic heterocycles. The lowest BCUT2D eigenvalue weighted by molar-refractivity contribution is 0.476. The topological polar surface area (TPSA) is 49.2 Å². The molecule has 0 bridgehead atoms. The summed E-state index contributed by atoms with van der Waals surface area (Å²) in [5, 5.41) is 10.0. The van der Waals surface area contributed by atoms with E-state index in [1.54, 1.807) is 6.07 Å². The van der Waals surface area contributed by atoms with E-state index in [1.165, 1.54) is 19.3 Å². The number of aryl methyl sites for hydroxylation is 1. The third-order valence-corrected chi connectivity index (χ3v) is 4.08. The van der Waals surface area contributed by atoms with Crippen LogP contribution in [0.1, 0.15) is 31.9 Å². The van der Waals surface area contributed by atoms with E-state index in [0.29, 0.717) is 17.4 Å². The second kappa shape index (κ2) is 5.72. The van der Waals surface area contributed by atoms with Crippen molar-refractivity contribution >= 4 is 5.82 Å². The Morgan fingerprint density at radius 2 is 2.00 bits per heavy atom. The quantitative estimate of drug-likeness (QED) is 0.916. The van der Waals surface area contributed by atoms with E-state index in [0.717, 1.165) is 18.1 Å². The minimum Gasteiger partial charge on any atom is -0.507 e. The average Bonchev–Trinajstić information content (AvgIpc) is 2.47. The molecule has 3 rings (SSSR count). The first-order chi connectivity index (χ1) is 10.1. The summed E-state index contributed by atoms with van der Waals surface area (Å²) in [6.45, 7) is 5.26. The van der Waals surface area contributed by atoms with E-state index in [2.05, 4.69) is 16.8 Å². The Labute approximate surface area is 125 Å². The molecule has 1 saturated heterocycles. The highest BCUT2D eigenvalue weighted by atomic mass is 16.3. The van der Waals surface area contributed by atoms with Crippen molar-refractivity contribution < 1.29 is 5.11 Å². The van der Waals surface area contributed by atoms with Gasteiger partial charge in [0.05, 0.1) is 5.56 Å². The normalized spacial score (nSPS) is 18.8. The van der Waals surface area contributed by atoms with Crippen LogP contribution in [-0.2, 0) is 0 Å². The Morgan fingerprint density at radius 3 is 2.76 bits per heavy atom. The predicted molar refractivity (Wildman–Crippen MR) is 84.5 cm³/mol. The molecule has 0 saturated carbocycles. The molecule has 1 aliphatic heterocycles. The number of rotatable bonds is 2. The van der Waals surface area contributed by atoms with Gasteiger partial charge in [0.2, 0.25) is 0 Å². The lowest BCUT2D eigenvalue weighted by Crippen LogP contribution is -2.38. The lowest BCUT2D eigenvalue weighted by atomic mass is 10.0. The molecule has 0 amide bonds. The van der Waals surface area contributed by atoms with Gasteiger partial charge in [0.1, 0.15) is 11.6 Å². The van der Waals surface area contributed by atoms with Crippen molar-refractivity contribution in [3.05, 3.63) is 36.0 Å². The number of para-hydroxylation sites is 1. The zero-order chi connectivity index (χ0) is 14.8. The van der Waals surface area contributed by atoms with Gasteiger partial charge in [-0.25, -0.2) is 9.97 Å². The average molecular weight is 283 g/mol. The number of phenols is 1. The Balaban J connectivity index is 2.02. The van der Waals surface area contributed by atoms with Crippen molar-refractivity contribution in [1.29, 1.82) is 0 Å². The van der Waals surface area contributed by atoms with Crippen LogP contribution >= 0.6 is 0 Å². The molecule has 110 valence electrons. The number of nitrogens with zero attached hydrogens (tertiary/aromatic N) is 3. The predicted octanol–water partition coefficient (Wildman–Crippen LogP) is 3.54. The minimum absolute atomic E-state index is 0.223. The molecule has 1 N–H and O–H groups in total. The fraction of sp³-hybridized carbons (Fsp3) is 0.412. The number of aromatic nitrogens is 2. The maximum absolute atomic E-state index is 10.0. The van der Waals surface area contributed by atoms with Crippen molar-refractivity contribution in [2.24, 2.45) is 0 Å². The molecule has 1 aromatic carbocycles. The molecule has 4 nitrogen and oxygen atoms in total. The first-order valence-electron chi connectivity index (χ1n) is 7.56. The molecule has 0 spiro atoms. The van der Waals surface area contributed by atoms with Crippen LogP contribution in [-0.4, -0.2) is 27.7 Å². The smallest absolute Gasteiger partial charge is 0.165 e. The van der Waals surface area contributed by atoms with Crippen molar-refractivity contribution in [3.8, 4) is 17.1 Å². The second-order valence-electron chi connectivity index (χ2n) is 5.75. The summed E-state index contributed by atoms with van der Waals surface area (Å²) >= 11 is 0. The number of anilines is 1. The van der Waals surface area contributed by atoms with E-state index in [4.69, 9.17) is 4.98 Å². The third-order valence-electron chi connectivity index (χ3n) is 4.08. The van der Waals surface area contributed by atoms with Gasteiger partial charge in [0.25, 0.3) is 0 Å². The van der Waals surface area contributed by atoms with Gasteiger partial charge in [-0.2, -0.15) is 0 Å². The van der Waals surface area contributed by atoms with Crippen LogP contribution in [0.15, 0.2) is 30.3 Å².